The number of carbonyl (C=O) groups is 2. The van der Waals surface area contributed by atoms with Gasteiger partial charge in [0.2, 0.25) is 5.91 Å². The maximum absolute atomic E-state index is 13.4. The molecule has 0 saturated carbocycles. The third-order valence-electron chi connectivity index (χ3n) is 6.71. The number of carbonyl (C=O) groups excluding carboxylic acids is 2. The van der Waals surface area contributed by atoms with Gasteiger partial charge in [-0.2, -0.15) is 0 Å². The lowest BCUT2D eigenvalue weighted by atomic mass is 9.67. The molecule has 0 fully saturated rings. The summed E-state index contributed by atoms with van der Waals surface area (Å²) < 4.78 is 7.15. The number of aromatic nitrogens is 2. The predicted molar refractivity (Wildman–Crippen MR) is 108 cm³/mol. The third kappa shape index (κ3) is 2.38. The van der Waals surface area contributed by atoms with Crippen molar-refractivity contribution in [3.63, 3.8) is 0 Å². The standard InChI is InChI=1S/C23H24N2O4/c1-12(26)25-20-14-7-6-8-15(14)21(28)19(20)16-11-18(29-13(2)27)17-9-4-5-10-23(17,3)22(16)24-25/h9,11,24H,4-8,10H2,1-3H3. The molecule has 0 spiro atoms. The van der Waals surface area contributed by atoms with Crippen LogP contribution in [-0.4, -0.2) is 21.7 Å². The largest absolute Gasteiger partial charge is 0.426 e. The van der Waals surface area contributed by atoms with Gasteiger partial charge >= 0.3 is 5.97 Å². The zero-order valence-electron chi connectivity index (χ0n) is 17.0. The van der Waals surface area contributed by atoms with Crippen molar-refractivity contribution in [1.29, 1.82) is 0 Å². The van der Waals surface area contributed by atoms with Gasteiger partial charge < -0.3 is 4.74 Å². The normalized spacial score (nSPS) is 22.4. The van der Waals surface area contributed by atoms with Crippen molar-refractivity contribution in [2.24, 2.45) is 0 Å². The van der Waals surface area contributed by atoms with Gasteiger partial charge in [-0.25, -0.2) is 4.68 Å². The monoisotopic (exact) mass is 392 g/mol. The number of rotatable bonds is 1. The number of nitrogens with zero attached hydrogens (tertiary/aromatic N) is 1. The molecule has 0 aromatic heterocycles. The van der Waals surface area contributed by atoms with Gasteiger partial charge in [0.05, 0.1) is 16.3 Å². The molecule has 1 atom stereocenters. The average Bonchev–Trinajstić information content (AvgIpc) is 3.24. The minimum Gasteiger partial charge on any atom is -0.426 e. The first kappa shape index (κ1) is 18.2. The van der Waals surface area contributed by atoms with E-state index in [2.05, 4.69) is 18.1 Å². The Hall–Kier alpha value is -2.89. The molecule has 1 unspecified atom stereocenters. The predicted octanol–water partition coefficient (Wildman–Crippen LogP) is 3.34. The zero-order valence-corrected chi connectivity index (χ0v) is 17.0. The fourth-order valence-electron chi connectivity index (χ4n) is 5.46. The smallest absolute Gasteiger partial charge is 0.308 e. The van der Waals surface area contributed by atoms with Crippen LogP contribution in [0, 0.1) is 10.6 Å². The molecule has 5 aliphatic rings. The van der Waals surface area contributed by atoms with Gasteiger partial charge in [-0.15, -0.1) is 0 Å². The molecule has 0 radical (unpaired) electrons. The van der Waals surface area contributed by atoms with E-state index in [1.165, 1.54) is 13.8 Å². The summed E-state index contributed by atoms with van der Waals surface area (Å²) in [5, 5.41) is 4.64. The van der Waals surface area contributed by atoms with E-state index in [4.69, 9.17) is 4.74 Å². The topological polar surface area (TPSA) is 81.2 Å². The van der Waals surface area contributed by atoms with Gasteiger partial charge in [0.1, 0.15) is 5.76 Å². The maximum Gasteiger partial charge on any atom is 0.308 e. The summed E-state index contributed by atoms with van der Waals surface area (Å²) in [5.41, 5.74) is 3.93. The summed E-state index contributed by atoms with van der Waals surface area (Å²) in [4.78, 5) is 37.7. The second-order valence-corrected chi connectivity index (χ2v) is 8.56. The fourth-order valence-corrected chi connectivity index (χ4v) is 5.46. The molecular weight excluding hydrogens is 368 g/mol. The van der Waals surface area contributed by atoms with Gasteiger partial charge in [0.15, 0.2) is 5.43 Å². The summed E-state index contributed by atoms with van der Waals surface area (Å²) in [7, 11) is 0. The lowest BCUT2D eigenvalue weighted by molar-refractivity contribution is -0.136. The first-order valence-corrected chi connectivity index (χ1v) is 10.3. The van der Waals surface area contributed by atoms with E-state index in [0.717, 1.165) is 66.5 Å². The molecular formula is C23H24N2O4. The number of esters is 1. The van der Waals surface area contributed by atoms with Crippen molar-refractivity contribution in [3.05, 3.63) is 60.6 Å². The Labute approximate surface area is 167 Å². The van der Waals surface area contributed by atoms with Crippen molar-refractivity contribution in [1.82, 2.24) is 9.78 Å². The summed E-state index contributed by atoms with van der Waals surface area (Å²) in [6, 6.07) is 0. The Balaban J connectivity index is 1.97. The molecule has 1 aliphatic heterocycles. The van der Waals surface area contributed by atoms with Gasteiger partial charge in [-0.1, -0.05) is 6.08 Å². The van der Waals surface area contributed by atoms with Crippen LogP contribution in [0.2, 0.25) is 0 Å². The van der Waals surface area contributed by atoms with Crippen LogP contribution in [-0.2, 0) is 27.8 Å². The van der Waals surface area contributed by atoms with Crippen molar-refractivity contribution < 1.29 is 14.3 Å². The van der Waals surface area contributed by atoms with Crippen molar-refractivity contribution in [3.8, 4) is 0 Å². The van der Waals surface area contributed by atoms with Crippen LogP contribution in [0.15, 0.2) is 22.2 Å². The second kappa shape index (κ2) is 6.05. The number of H-pyrrole nitrogens is 1. The number of allylic oxidation sites excluding steroid dienone is 2. The van der Waals surface area contributed by atoms with Crippen LogP contribution >= 0.6 is 0 Å². The summed E-state index contributed by atoms with van der Waals surface area (Å²) in [6.07, 6.45) is 9.15. The van der Waals surface area contributed by atoms with E-state index in [1.54, 1.807) is 4.68 Å². The molecule has 6 nitrogen and oxygen atoms in total. The number of hydrogen-bond donors (Lipinski definition) is 1. The molecule has 0 bridgehead atoms. The lowest BCUT2D eigenvalue weighted by Gasteiger charge is -2.40. The van der Waals surface area contributed by atoms with E-state index in [0.29, 0.717) is 16.3 Å². The molecule has 29 heavy (non-hydrogen) atoms. The van der Waals surface area contributed by atoms with E-state index in [1.807, 2.05) is 6.08 Å². The van der Waals surface area contributed by atoms with Gasteiger partial charge in [0.25, 0.3) is 0 Å². The molecule has 1 heterocycles. The molecule has 5 rings (SSSR count). The molecule has 0 aromatic carbocycles. The lowest BCUT2D eigenvalue weighted by Crippen LogP contribution is -2.36. The molecule has 4 aliphatic carbocycles. The maximum atomic E-state index is 13.4. The Morgan fingerprint density at radius 3 is 2.66 bits per heavy atom. The molecule has 6 heteroatoms. The zero-order chi connectivity index (χ0) is 20.5. The van der Waals surface area contributed by atoms with Crippen LogP contribution in [0.5, 0.6) is 0 Å². The van der Waals surface area contributed by atoms with Crippen LogP contribution in [0.25, 0.3) is 6.08 Å². The average molecular weight is 392 g/mol. The Morgan fingerprint density at radius 2 is 1.93 bits per heavy atom. The number of fused-ring (bicyclic) bond motifs is 6. The Kier molecular flexibility index (Phi) is 3.79. The summed E-state index contributed by atoms with van der Waals surface area (Å²) in [5.74, 6) is -0.00346. The van der Waals surface area contributed by atoms with Gasteiger partial charge in [-0.05, 0) is 57.1 Å². The fraction of sp³-hybridized carbons (Fsp3) is 0.435. The quantitative estimate of drug-likeness (QED) is 0.755. The highest BCUT2D eigenvalue weighted by Gasteiger charge is 2.42. The highest BCUT2D eigenvalue weighted by molar-refractivity contribution is 5.78. The van der Waals surface area contributed by atoms with Crippen LogP contribution in [0.1, 0.15) is 73.6 Å². The number of nitrogens with one attached hydrogen (secondary N) is 1. The van der Waals surface area contributed by atoms with Crippen molar-refractivity contribution in [2.75, 3.05) is 0 Å². The SMILES string of the molecule is CC(=O)OC1=Cc2c([nH]n(C(C)=O)c3c4c(c(=O)c2=3)CCC4)C2(C)CCCC=C12. The minimum atomic E-state index is -0.452. The minimum absolute atomic E-state index is 0.0121. The van der Waals surface area contributed by atoms with E-state index >= 15 is 0 Å². The van der Waals surface area contributed by atoms with E-state index in [9.17, 15) is 14.4 Å². The molecule has 150 valence electrons. The van der Waals surface area contributed by atoms with Crippen LogP contribution in [0.3, 0.4) is 0 Å². The van der Waals surface area contributed by atoms with Gasteiger partial charge in [0, 0.05) is 36.0 Å². The number of ether oxygens (including phenoxy) is 1. The Bertz CT molecular complexity index is 1270. The van der Waals surface area contributed by atoms with E-state index < -0.39 is 5.41 Å². The summed E-state index contributed by atoms with van der Waals surface area (Å²) >= 11 is 0. The van der Waals surface area contributed by atoms with Crippen molar-refractivity contribution in [2.45, 2.75) is 64.7 Å². The molecule has 0 amide bonds. The first-order chi connectivity index (χ1) is 13.8. The highest BCUT2D eigenvalue weighted by Crippen LogP contribution is 2.48. The van der Waals surface area contributed by atoms with E-state index in [-0.39, 0.29) is 17.3 Å². The molecule has 0 saturated heterocycles. The number of aromatic amines is 1. The van der Waals surface area contributed by atoms with Gasteiger partial charge in [-0.3, -0.25) is 19.5 Å². The molecule has 1 N–H and O–H groups in total. The number of hydrogen-bond acceptors (Lipinski definition) is 4. The Morgan fingerprint density at radius 1 is 1.17 bits per heavy atom. The summed E-state index contributed by atoms with van der Waals surface area (Å²) in [6.45, 7) is 5.01. The molecule has 0 aromatic rings. The van der Waals surface area contributed by atoms with Crippen LogP contribution in [0.4, 0.5) is 0 Å². The first-order valence-electron chi connectivity index (χ1n) is 10.3. The highest BCUT2D eigenvalue weighted by atomic mass is 16.5. The second-order valence-electron chi connectivity index (χ2n) is 8.56. The van der Waals surface area contributed by atoms with Crippen molar-refractivity contribution >= 4 is 18.0 Å². The third-order valence-corrected chi connectivity index (χ3v) is 6.71. The van der Waals surface area contributed by atoms with Crippen LogP contribution < -0.4 is 5.43 Å².